The van der Waals surface area contributed by atoms with E-state index in [0.717, 1.165) is 5.69 Å². The summed E-state index contributed by atoms with van der Waals surface area (Å²) < 4.78 is 22.5. The normalized spacial score (nSPS) is 14.6. The molecule has 1 rings (SSSR count). The number of nitrogens with zero attached hydrogens (tertiary/aromatic N) is 1. The zero-order valence-electron chi connectivity index (χ0n) is 10.3. The highest BCUT2D eigenvalue weighted by atomic mass is 32.2. The van der Waals surface area contributed by atoms with Gasteiger partial charge in [0, 0.05) is 30.6 Å². The molecule has 3 N–H and O–H groups in total. The fourth-order valence-electron chi connectivity index (χ4n) is 1.49. The Morgan fingerprint density at radius 2 is 2.12 bits per heavy atom. The average molecular weight is 257 g/mol. The Hall–Kier alpha value is -0.980. The topological polar surface area (TPSA) is 85.1 Å². The summed E-state index contributed by atoms with van der Waals surface area (Å²) in [7, 11) is -3.20. The van der Waals surface area contributed by atoms with Crippen molar-refractivity contribution in [1.82, 2.24) is 10.4 Å². The van der Waals surface area contributed by atoms with E-state index in [2.05, 4.69) is 10.4 Å². The summed E-state index contributed by atoms with van der Waals surface area (Å²) in [5.41, 5.74) is 3.39. The van der Waals surface area contributed by atoms with Crippen molar-refractivity contribution in [1.29, 1.82) is 0 Å². The Bertz CT molecular complexity index is 457. The number of sulfone groups is 1. The summed E-state index contributed by atoms with van der Waals surface area (Å²) in [5.74, 6) is 5.46. The Morgan fingerprint density at radius 3 is 2.53 bits per heavy atom. The maximum atomic E-state index is 11.7. The zero-order valence-corrected chi connectivity index (χ0v) is 11.2. The van der Waals surface area contributed by atoms with Gasteiger partial charge in [0.25, 0.3) is 0 Å². The van der Waals surface area contributed by atoms with Gasteiger partial charge >= 0.3 is 0 Å². The highest BCUT2D eigenvalue weighted by Gasteiger charge is 2.38. The van der Waals surface area contributed by atoms with Crippen LogP contribution in [0.5, 0.6) is 0 Å². The van der Waals surface area contributed by atoms with Crippen LogP contribution in [0.2, 0.25) is 0 Å². The minimum atomic E-state index is -3.20. The first-order valence-electron chi connectivity index (χ1n) is 5.34. The van der Waals surface area contributed by atoms with Crippen molar-refractivity contribution in [3.05, 3.63) is 30.1 Å². The van der Waals surface area contributed by atoms with Gasteiger partial charge in [-0.3, -0.25) is 16.3 Å². The first-order valence-corrected chi connectivity index (χ1v) is 7.24. The lowest BCUT2D eigenvalue weighted by Crippen LogP contribution is -2.55. The quantitative estimate of drug-likeness (QED) is 0.584. The number of hydrazine groups is 1. The molecule has 6 heteroatoms. The van der Waals surface area contributed by atoms with E-state index in [0.29, 0.717) is 6.42 Å². The third kappa shape index (κ3) is 3.24. The zero-order chi connectivity index (χ0) is 13.1. The van der Waals surface area contributed by atoms with Gasteiger partial charge < -0.3 is 0 Å². The predicted octanol–water partition coefficient (Wildman–Crippen LogP) is 0.279. The molecule has 5 nitrogen and oxygen atoms in total. The van der Waals surface area contributed by atoms with E-state index in [1.807, 2.05) is 18.2 Å². The Kier molecular flexibility index (Phi) is 4.24. The predicted molar refractivity (Wildman–Crippen MR) is 68.0 cm³/mol. The monoisotopic (exact) mass is 257 g/mol. The lowest BCUT2D eigenvalue weighted by molar-refractivity contribution is 0.410. The first-order chi connectivity index (χ1) is 7.79. The first kappa shape index (κ1) is 14.1. The number of nitrogens with one attached hydrogen (secondary N) is 1. The second-order valence-corrected chi connectivity index (χ2v) is 7.22. The van der Waals surface area contributed by atoms with E-state index >= 15 is 0 Å². The number of rotatable bonds is 5. The number of pyridine rings is 1. The molecule has 17 heavy (non-hydrogen) atoms. The Labute approximate surface area is 102 Å². The van der Waals surface area contributed by atoms with Crippen LogP contribution >= 0.6 is 0 Å². The molecule has 0 aromatic carbocycles. The number of aromatic nitrogens is 1. The van der Waals surface area contributed by atoms with Crippen LogP contribution in [-0.2, 0) is 16.3 Å². The molecular formula is C11H19N3O2S. The molecule has 0 amide bonds. The van der Waals surface area contributed by atoms with Crippen LogP contribution in [0.15, 0.2) is 24.4 Å². The van der Waals surface area contributed by atoms with Crippen molar-refractivity contribution in [3.8, 4) is 0 Å². The second-order valence-electron chi connectivity index (χ2n) is 4.62. The maximum Gasteiger partial charge on any atom is 0.154 e. The fraction of sp³-hybridized carbons (Fsp3) is 0.545. The summed E-state index contributed by atoms with van der Waals surface area (Å²) in [4.78, 5) is 4.17. The van der Waals surface area contributed by atoms with E-state index in [1.54, 1.807) is 20.0 Å². The number of hydrogen-bond donors (Lipinski definition) is 2. The van der Waals surface area contributed by atoms with E-state index in [-0.39, 0.29) is 6.04 Å². The van der Waals surface area contributed by atoms with Crippen molar-refractivity contribution in [2.45, 2.75) is 31.1 Å². The van der Waals surface area contributed by atoms with Crippen LogP contribution in [0.3, 0.4) is 0 Å². The molecule has 0 fully saturated rings. The highest BCUT2D eigenvalue weighted by Crippen LogP contribution is 2.22. The summed E-state index contributed by atoms with van der Waals surface area (Å²) in [6, 6.07) is 5.15. The molecule has 1 heterocycles. The number of hydrogen-bond acceptors (Lipinski definition) is 5. The van der Waals surface area contributed by atoms with E-state index < -0.39 is 14.6 Å². The highest BCUT2D eigenvalue weighted by molar-refractivity contribution is 7.92. The average Bonchev–Trinajstić information content (AvgIpc) is 2.25. The molecule has 0 saturated heterocycles. The maximum absolute atomic E-state index is 11.7. The molecule has 1 aromatic heterocycles. The van der Waals surface area contributed by atoms with Gasteiger partial charge in [0.1, 0.15) is 0 Å². The van der Waals surface area contributed by atoms with Crippen LogP contribution in [0.25, 0.3) is 0 Å². The third-order valence-corrected chi connectivity index (χ3v) is 5.33. The fourth-order valence-corrected chi connectivity index (χ4v) is 2.16. The molecule has 0 aliphatic heterocycles. The smallest absolute Gasteiger partial charge is 0.154 e. The van der Waals surface area contributed by atoms with Crippen molar-refractivity contribution in [2.24, 2.45) is 5.84 Å². The SMILES string of the molecule is CC(C)(C(Cc1ccccn1)NN)S(C)(=O)=O. The van der Waals surface area contributed by atoms with Crippen molar-refractivity contribution in [3.63, 3.8) is 0 Å². The van der Waals surface area contributed by atoms with Crippen molar-refractivity contribution >= 4 is 9.84 Å². The Morgan fingerprint density at radius 1 is 1.47 bits per heavy atom. The van der Waals surface area contributed by atoms with Crippen LogP contribution in [0.1, 0.15) is 19.5 Å². The summed E-state index contributed by atoms with van der Waals surface area (Å²) >= 11 is 0. The standard InChI is InChI=1S/C11H19N3O2S/c1-11(2,17(3,15)16)10(14-12)8-9-6-4-5-7-13-9/h4-7,10,14H,8,12H2,1-3H3. The number of nitrogens with two attached hydrogens (primary N) is 1. The molecular weight excluding hydrogens is 238 g/mol. The molecule has 0 saturated carbocycles. The second kappa shape index (κ2) is 5.12. The van der Waals surface area contributed by atoms with Gasteiger partial charge in [-0.25, -0.2) is 8.42 Å². The van der Waals surface area contributed by atoms with Gasteiger partial charge in [-0.2, -0.15) is 0 Å². The minimum Gasteiger partial charge on any atom is -0.271 e. The molecule has 1 aromatic rings. The largest absolute Gasteiger partial charge is 0.271 e. The molecule has 0 bridgehead atoms. The molecule has 1 atom stereocenters. The van der Waals surface area contributed by atoms with E-state index in [1.165, 1.54) is 6.26 Å². The van der Waals surface area contributed by atoms with Crippen LogP contribution < -0.4 is 11.3 Å². The van der Waals surface area contributed by atoms with Crippen molar-refractivity contribution in [2.75, 3.05) is 6.26 Å². The van der Waals surface area contributed by atoms with Gasteiger partial charge in [0.2, 0.25) is 0 Å². The third-order valence-electron chi connectivity index (χ3n) is 3.14. The molecule has 96 valence electrons. The molecule has 1 unspecified atom stereocenters. The summed E-state index contributed by atoms with van der Waals surface area (Å²) in [5, 5.41) is 0. The van der Waals surface area contributed by atoms with Gasteiger partial charge in [0.15, 0.2) is 9.84 Å². The van der Waals surface area contributed by atoms with Crippen LogP contribution in [0.4, 0.5) is 0 Å². The van der Waals surface area contributed by atoms with Gasteiger partial charge in [-0.1, -0.05) is 6.07 Å². The Balaban J connectivity index is 2.94. The van der Waals surface area contributed by atoms with Crippen LogP contribution in [0, 0.1) is 0 Å². The van der Waals surface area contributed by atoms with E-state index in [4.69, 9.17) is 5.84 Å². The minimum absolute atomic E-state index is 0.382. The molecule has 0 aliphatic rings. The van der Waals surface area contributed by atoms with Crippen LogP contribution in [-0.4, -0.2) is 30.4 Å². The lowest BCUT2D eigenvalue weighted by Gasteiger charge is -2.31. The molecule has 0 radical (unpaired) electrons. The summed E-state index contributed by atoms with van der Waals surface area (Å²) in [6.07, 6.45) is 3.36. The molecule has 0 aliphatic carbocycles. The summed E-state index contributed by atoms with van der Waals surface area (Å²) in [6.45, 7) is 3.32. The van der Waals surface area contributed by atoms with E-state index in [9.17, 15) is 8.42 Å². The van der Waals surface area contributed by atoms with Crippen molar-refractivity contribution < 1.29 is 8.42 Å². The van der Waals surface area contributed by atoms with Gasteiger partial charge in [0.05, 0.1) is 4.75 Å². The van der Waals surface area contributed by atoms with Gasteiger partial charge in [-0.15, -0.1) is 0 Å². The molecule has 0 spiro atoms. The lowest BCUT2D eigenvalue weighted by atomic mass is 9.98. The van der Waals surface area contributed by atoms with Gasteiger partial charge in [-0.05, 0) is 26.0 Å².